The van der Waals surface area contributed by atoms with Crippen molar-refractivity contribution in [3.63, 3.8) is 0 Å². The van der Waals surface area contributed by atoms with Gasteiger partial charge in [-0.25, -0.2) is 4.98 Å². The van der Waals surface area contributed by atoms with E-state index in [1.165, 1.54) is 23.1 Å². The van der Waals surface area contributed by atoms with E-state index in [2.05, 4.69) is 26.3 Å². The molecule has 1 saturated heterocycles. The van der Waals surface area contributed by atoms with Crippen LogP contribution in [0.5, 0.6) is 0 Å². The Morgan fingerprint density at radius 1 is 1.11 bits per heavy atom. The molecule has 192 valence electrons. The number of hydrogen-bond donors (Lipinski definition) is 1. The zero-order valence-electron chi connectivity index (χ0n) is 19.5. The van der Waals surface area contributed by atoms with Crippen LogP contribution < -0.4 is 5.32 Å². The number of hydrogen-bond acceptors (Lipinski definition) is 4. The fourth-order valence-corrected chi connectivity index (χ4v) is 5.13. The Morgan fingerprint density at radius 3 is 2.54 bits per heavy atom. The summed E-state index contributed by atoms with van der Waals surface area (Å²) in [6.07, 6.45) is -1.57. The van der Waals surface area contributed by atoms with Gasteiger partial charge in [0.1, 0.15) is 5.82 Å². The number of benzene rings is 2. The number of fused-ring (bicyclic) bond motifs is 1. The molecule has 1 N–H and O–H groups in total. The molecular formula is C26H22BrClF3N5O. The minimum atomic E-state index is -4.57. The molecule has 2 aromatic carbocycles. The van der Waals surface area contributed by atoms with Gasteiger partial charge in [0, 0.05) is 36.3 Å². The van der Waals surface area contributed by atoms with E-state index in [9.17, 15) is 18.0 Å². The monoisotopic (exact) mass is 591 g/mol. The summed E-state index contributed by atoms with van der Waals surface area (Å²) in [5, 5.41) is 8.44. The molecule has 2 aromatic heterocycles. The lowest BCUT2D eigenvalue weighted by Crippen LogP contribution is -2.40. The summed E-state index contributed by atoms with van der Waals surface area (Å²) in [4.78, 5) is 19.1. The third-order valence-electron chi connectivity index (χ3n) is 6.52. The van der Waals surface area contributed by atoms with Gasteiger partial charge in [-0.15, -0.1) is 0 Å². The number of aromatic nitrogens is 3. The van der Waals surface area contributed by atoms with Crippen molar-refractivity contribution in [2.45, 2.75) is 19.0 Å². The Bertz CT molecular complexity index is 1450. The summed E-state index contributed by atoms with van der Waals surface area (Å²) in [7, 11) is 0. The first-order valence-electron chi connectivity index (χ1n) is 11.7. The number of anilines is 1. The van der Waals surface area contributed by atoms with E-state index in [0.717, 1.165) is 21.9 Å². The van der Waals surface area contributed by atoms with Crippen molar-refractivity contribution in [1.29, 1.82) is 0 Å². The molecule has 0 aliphatic carbocycles. The minimum absolute atomic E-state index is 0.230. The topological polar surface area (TPSA) is 62.5 Å². The van der Waals surface area contributed by atoms with Gasteiger partial charge in [-0.05, 0) is 52.9 Å². The number of piperidine rings is 1. The molecule has 0 atom stereocenters. The highest BCUT2D eigenvalue weighted by molar-refractivity contribution is 9.10. The van der Waals surface area contributed by atoms with E-state index >= 15 is 0 Å². The van der Waals surface area contributed by atoms with Crippen molar-refractivity contribution >= 4 is 44.9 Å². The molecule has 0 unspecified atom stereocenters. The molecule has 0 saturated carbocycles. The van der Waals surface area contributed by atoms with E-state index < -0.39 is 17.6 Å². The summed E-state index contributed by atoms with van der Waals surface area (Å²) in [5.74, 6) is 0.386. The lowest BCUT2D eigenvalue weighted by molar-refractivity contribution is -0.138. The predicted molar refractivity (Wildman–Crippen MR) is 140 cm³/mol. The van der Waals surface area contributed by atoms with E-state index in [4.69, 9.17) is 16.6 Å². The van der Waals surface area contributed by atoms with Crippen LogP contribution in [0.2, 0.25) is 5.02 Å². The standard InChI is InChI=1S/C26H22BrClF3N5O/c27-20-15-33-36-23(13-22(34-24(20)36)18-6-2-4-8-21(18)28)32-14-16-9-11-35(12-10-16)25(37)17-5-1-3-7-19(17)26(29,30)31/h1-8,13,15-16,32H,9-12,14H2. The average molecular weight is 593 g/mol. The number of likely N-dealkylation sites (tertiary alicyclic amines) is 1. The molecule has 0 spiro atoms. The van der Waals surface area contributed by atoms with Crippen molar-refractivity contribution < 1.29 is 18.0 Å². The Hall–Kier alpha value is -3.11. The summed E-state index contributed by atoms with van der Waals surface area (Å²) >= 11 is 9.90. The lowest BCUT2D eigenvalue weighted by atomic mass is 9.95. The van der Waals surface area contributed by atoms with Gasteiger partial charge in [-0.3, -0.25) is 4.79 Å². The smallest absolute Gasteiger partial charge is 0.370 e. The van der Waals surface area contributed by atoms with Gasteiger partial charge in [-0.2, -0.15) is 22.8 Å². The van der Waals surface area contributed by atoms with Crippen LogP contribution in [0.15, 0.2) is 65.3 Å². The maximum absolute atomic E-state index is 13.4. The van der Waals surface area contributed by atoms with Crippen LogP contribution in [0.1, 0.15) is 28.8 Å². The van der Waals surface area contributed by atoms with Gasteiger partial charge >= 0.3 is 6.18 Å². The molecule has 1 fully saturated rings. The van der Waals surface area contributed by atoms with Gasteiger partial charge in [0.05, 0.1) is 27.5 Å². The summed E-state index contributed by atoms with van der Waals surface area (Å²) in [6, 6.07) is 14.3. The summed E-state index contributed by atoms with van der Waals surface area (Å²) < 4.78 is 42.6. The molecular weight excluding hydrogens is 571 g/mol. The Kier molecular flexibility index (Phi) is 7.13. The quantitative estimate of drug-likeness (QED) is 0.277. The number of carbonyl (C=O) groups excluding carboxylic acids is 1. The highest BCUT2D eigenvalue weighted by Gasteiger charge is 2.36. The van der Waals surface area contributed by atoms with E-state index in [0.29, 0.717) is 48.8 Å². The lowest BCUT2D eigenvalue weighted by Gasteiger charge is -2.32. The molecule has 6 nitrogen and oxygen atoms in total. The molecule has 5 rings (SSSR count). The first kappa shape index (κ1) is 25.5. The third kappa shape index (κ3) is 5.31. The number of amides is 1. The molecule has 1 amide bonds. The van der Waals surface area contributed by atoms with Crippen molar-refractivity contribution in [1.82, 2.24) is 19.5 Å². The molecule has 37 heavy (non-hydrogen) atoms. The van der Waals surface area contributed by atoms with Crippen molar-refractivity contribution in [2.75, 3.05) is 25.0 Å². The normalized spacial score (nSPS) is 14.8. The number of alkyl halides is 3. The molecule has 0 radical (unpaired) electrons. The van der Waals surface area contributed by atoms with E-state index in [1.807, 2.05) is 30.3 Å². The zero-order chi connectivity index (χ0) is 26.2. The SMILES string of the molecule is O=C(c1ccccc1C(F)(F)F)N1CCC(CNc2cc(-c3ccccc3Cl)nc3c(Br)cnn23)CC1. The summed E-state index contributed by atoms with van der Waals surface area (Å²) in [6.45, 7) is 1.39. The van der Waals surface area contributed by atoms with Crippen LogP contribution in [0.25, 0.3) is 16.9 Å². The van der Waals surface area contributed by atoms with E-state index in [1.54, 1.807) is 10.7 Å². The number of rotatable bonds is 5. The van der Waals surface area contributed by atoms with Crippen LogP contribution >= 0.6 is 27.5 Å². The van der Waals surface area contributed by atoms with Crippen LogP contribution in [0.4, 0.5) is 19.0 Å². The fraction of sp³-hybridized carbons (Fsp3) is 0.269. The van der Waals surface area contributed by atoms with Gasteiger partial charge in [0.15, 0.2) is 5.65 Å². The van der Waals surface area contributed by atoms with Crippen LogP contribution in [-0.4, -0.2) is 45.0 Å². The van der Waals surface area contributed by atoms with Gasteiger partial charge in [0.2, 0.25) is 0 Å². The zero-order valence-corrected chi connectivity index (χ0v) is 21.8. The maximum Gasteiger partial charge on any atom is 0.417 e. The van der Waals surface area contributed by atoms with Crippen LogP contribution in [0.3, 0.4) is 0 Å². The Morgan fingerprint density at radius 2 is 1.81 bits per heavy atom. The molecule has 0 bridgehead atoms. The number of nitrogens with zero attached hydrogens (tertiary/aromatic N) is 4. The number of nitrogens with one attached hydrogen (secondary N) is 1. The van der Waals surface area contributed by atoms with Crippen molar-refractivity contribution in [2.24, 2.45) is 5.92 Å². The van der Waals surface area contributed by atoms with Gasteiger partial charge in [-0.1, -0.05) is 41.9 Å². The maximum atomic E-state index is 13.4. The highest BCUT2D eigenvalue weighted by atomic mass is 79.9. The van der Waals surface area contributed by atoms with Crippen molar-refractivity contribution in [3.05, 3.63) is 81.4 Å². The second kappa shape index (κ2) is 10.3. The molecule has 1 aliphatic rings. The predicted octanol–water partition coefficient (Wildman–Crippen LogP) is 6.80. The van der Waals surface area contributed by atoms with Crippen LogP contribution in [0, 0.1) is 5.92 Å². The molecule has 1 aliphatic heterocycles. The minimum Gasteiger partial charge on any atom is -0.370 e. The number of carbonyl (C=O) groups is 1. The second-order valence-corrected chi connectivity index (χ2v) is 10.2. The fourth-order valence-electron chi connectivity index (χ4n) is 4.55. The van der Waals surface area contributed by atoms with Gasteiger partial charge in [0.25, 0.3) is 5.91 Å². The molecule has 11 heteroatoms. The van der Waals surface area contributed by atoms with Crippen molar-refractivity contribution in [3.8, 4) is 11.3 Å². The third-order valence-corrected chi connectivity index (χ3v) is 7.40. The number of halogens is 5. The average Bonchev–Trinajstić information content (AvgIpc) is 3.27. The Labute approximate surface area is 224 Å². The Balaban J connectivity index is 1.28. The first-order valence-corrected chi connectivity index (χ1v) is 12.9. The largest absolute Gasteiger partial charge is 0.417 e. The van der Waals surface area contributed by atoms with Crippen LogP contribution in [-0.2, 0) is 6.18 Å². The van der Waals surface area contributed by atoms with Gasteiger partial charge < -0.3 is 10.2 Å². The highest BCUT2D eigenvalue weighted by Crippen LogP contribution is 2.33. The molecule has 3 heterocycles. The summed E-state index contributed by atoms with van der Waals surface area (Å²) in [5.41, 5.74) is 0.940. The first-order chi connectivity index (χ1) is 17.7. The van der Waals surface area contributed by atoms with E-state index in [-0.39, 0.29) is 11.5 Å². The second-order valence-electron chi connectivity index (χ2n) is 8.89. The molecule has 4 aromatic rings.